The molecule has 1 heterocycles. The molecule has 2 rings (SSSR count). The minimum absolute atomic E-state index is 0.166. The molecule has 6 heteroatoms. The second-order valence-corrected chi connectivity index (χ2v) is 7.82. The van der Waals surface area contributed by atoms with Crippen LogP contribution in [0.5, 0.6) is 0 Å². The van der Waals surface area contributed by atoms with E-state index in [9.17, 15) is 9.00 Å². The van der Waals surface area contributed by atoms with E-state index in [0.717, 1.165) is 28.9 Å². The summed E-state index contributed by atoms with van der Waals surface area (Å²) in [5, 5.41) is 0. The molecule has 1 amide bonds. The average Bonchev–Trinajstić information content (AvgIpc) is 2.96. The summed E-state index contributed by atoms with van der Waals surface area (Å²) in [5.74, 6) is 1.14. The summed E-state index contributed by atoms with van der Waals surface area (Å²) in [4.78, 5) is 14.8. The molecule has 1 aliphatic heterocycles. The molecule has 1 aromatic carbocycles. The number of rotatable bonds is 6. The predicted octanol–water partition coefficient (Wildman–Crippen LogP) is 2.14. The van der Waals surface area contributed by atoms with Crippen molar-refractivity contribution in [3.8, 4) is 0 Å². The Labute approximate surface area is 136 Å². The highest BCUT2D eigenvalue weighted by Crippen LogP contribution is 2.17. The predicted molar refractivity (Wildman–Crippen MR) is 88.4 cm³/mol. The van der Waals surface area contributed by atoms with E-state index in [1.165, 1.54) is 0 Å². The quantitative estimate of drug-likeness (QED) is 0.831. The van der Waals surface area contributed by atoms with Crippen molar-refractivity contribution in [2.24, 2.45) is 11.7 Å². The molecular formula is C15H21BrN2O2S. The molecule has 116 valence electrons. The molecular weight excluding hydrogens is 352 g/mol. The van der Waals surface area contributed by atoms with Gasteiger partial charge in [0.15, 0.2) is 0 Å². The number of likely N-dealkylation sites (tertiary alicyclic amines) is 1. The standard InChI is InChI=1S/C15H21BrN2O2S/c16-13-3-5-14(6-4-13)21(20)9-1-2-15(19)18-8-7-12(10-17)11-18/h3-6,12H,1-2,7-11,17H2. The maximum atomic E-state index is 12.1. The molecule has 0 aliphatic carbocycles. The van der Waals surface area contributed by atoms with E-state index in [0.29, 0.717) is 31.1 Å². The molecule has 2 N–H and O–H groups in total. The highest BCUT2D eigenvalue weighted by atomic mass is 79.9. The van der Waals surface area contributed by atoms with Crippen LogP contribution in [0.15, 0.2) is 33.6 Å². The fourth-order valence-electron chi connectivity index (χ4n) is 2.47. The first kappa shape index (κ1) is 16.6. The molecule has 2 atom stereocenters. The zero-order valence-electron chi connectivity index (χ0n) is 12.0. The van der Waals surface area contributed by atoms with Crippen LogP contribution in [0.4, 0.5) is 0 Å². The highest BCUT2D eigenvalue weighted by molar-refractivity contribution is 9.10. The molecule has 0 saturated carbocycles. The summed E-state index contributed by atoms with van der Waals surface area (Å²) >= 11 is 3.36. The molecule has 1 saturated heterocycles. The molecule has 4 nitrogen and oxygen atoms in total. The van der Waals surface area contributed by atoms with Crippen LogP contribution < -0.4 is 5.73 Å². The van der Waals surface area contributed by atoms with Crippen LogP contribution >= 0.6 is 15.9 Å². The van der Waals surface area contributed by atoms with Crippen LogP contribution in [0.2, 0.25) is 0 Å². The minimum Gasteiger partial charge on any atom is -0.342 e. The Balaban J connectivity index is 1.73. The Hall–Kier alpha value is -0.720. The molecule has 21 heavy (non-hydrogen) atoms. The van der Waals surface area contributed by atoms with E-state index < -0.39 is 10.8 Å². The van der Waals surface area contributed by atoms with Crippen LogP contribution in [-0.2, 0) is 15.6 Å². The number of benzene rings is 1. The maximum Gasteiger partial charge on any atom is 0.222 e. The van der Waals surface area contributed by atoms with Crippen molar-refractivity contribution in [1.82, 2.24) is 4.90 Å². The lowest BCUT2D eigenvalue weighted by Crippen LogP contribution is -2.29. The van der Waals surface area contributed by atoms with Crippen molar-refractivity contribution >= 4 is 32.6 Å². The third-order valence-electron chi connectivity index (χ3n) is 3.77. The number of halogens is 1. The molecule has 1 aliphatic rings. The van der Waals surface area contributed by atoms with Crippen LogP contribution in [0, 0.1) is 5.92 Å². The zero-order chi connectivity index (χ0) is 15.2. The van der Waals surface area contributed by atoms with Gasteiger partial charge < -0.3 is 10.6 Å². The van der Waals surface area contributed by atoms with Gasteiger partial charge in [0.05, 0.1) is 10.8 Å². The summed E-state index contributed by atoms with van der Waals surface area (Å²) in [6, 6.07) is 7.48. The van der Waals surface area contributed by atoms with E-state index in [1.54, 1.807) is 0 Å². The number of hydrogen-bond acceptors (Lipinski definition) is 3. The Morgan fingerprint density at radius 3 is 2.71 bits per heavy atom. The number of hydrogen-bond donors (Lipinski definition) is 1. The Bertz CT molecular complexity index is 507. The summed E-state index contributed by atoms with van der Waals surface area (Å²) < 4.78 is 13.1. The second kappa shape index (κ2) is 8.06. The van der Waals surface area contributed by atoms with Gasteiger partial charge >= 0.3 is 0 Å². The van der Waals surface area contributed by atoms with E-state index in [1.807, 2.05) is 29.2 Å². The van der Waals surface area contributed by atoms with Gasteiger partial charge in [-0.2, -0.15) is 0 Å². The van der Waals surface area contributed by atoms with Crippen molar-refractivity contribution in [3.63, 3.8) is 0 Å². The van der Waals surface area contributed by atoms with Crippen molar-refractivity contribution in [3.05, 3.63) is 28.7 Å². The van der Waals surface area contributed by atoms with Crippen molar-refractivity contribution < 1.29 is 9.00 Å². The SMILES string of the molecule is NCC1CCN(C(=O)CCCS(=O)c2ccc(Br)cc2)C1. The molecule has 0 radical (unpaired) electrons. The topological polar surface area (TPSA) is 63.4 Å². The fourth-order valence-corrected chi connectivity index (χ4v) is 3.81. The minimum atomic E-state index is -1.03. The fraction of sp³-hybridized carbons (Fsp3) is 0.533. The van der Waals surface area contributed by atoms with Gasteiger partial charge in [0.25, 0.3) is 0 Å². The normalized spacial score (nSPS) is 19.7. The Morgan fingerprint density at radius 2 is 2.10 bits per heavy atom. The Kier molecular flexibility index (Phi) is 6.39. The van der Waals surface area contributed by atoms with Gasteiger partial charge in [-0.25, -0.2) is 0 Å². The second-order valence-electron chi connectivity index (χ2n) is 5.34. The number of carbonyl (C=O) groups is 1. The van der Waals surface area contributed by atoms with Crippen LogP contribution in [0.1, 0.15) is 19.3 Å². The van der Waals surface area contributed by atoms with Gasteiger partial charge in [-0.3, -0.25) is 9.00 Å². The third-order valence-corrected chi connectivity index (χ3v) is 5.75. The molecule has 0 aromatic heterocycles. The van der Waals surface area contributed by atoms with Crippen LogP contribution in [0.25, 0.3) is 0 Å². The summed E-state index contributed by atoms with van der Waals surface area (Å²) in [7, 11) is -1.03. The Morgan fingerprint density at radius 1 is 1.38 bits per heavy atom. The van der Waals surface area contributed by atoms with E-state index >= 15 is 0 Å². The van der Waals surface area contributed by atoms with Crippen molar-refractivity contribution in [2.75, 3.05) is 25.4 Å². The van der Waals surface area contributed by atoms with Crippen LogP contribution in [-0.4, -0.2) is 40.4 Å². The van der Waals surface area contributed by atoms with Gasteiger partial charge in [0.1, 0.15) is 0 Å². The van der Waals surface area contributed by atoms with Gasteiger partial charge in [-0.1, -0.05) is 15.9 Å². The zero-order valence-corrected chi connectivity index (χ0v) is 14.4. The van der Waals surface area contributed by atoms with Crippen LogP contribution in [0.3, 0.4) is 0 Å². The summed E-state index contributed by atoms with van der Waals surface area (Å²) in [5.41, 5.74) is 5.63. The lowest BCUT2D eigenvalue weighted by atomic mass is 10.1. The first-order valence-electron chi connectivity index (χ1n) is 7.22. The van der Waals surface area contributed by atoms with E-state index in [2.05, 4.69) is 15.9 Å². The maximum absolute atomic E-state index is 12.1. The smallest absolute Gasteiger partial charge is 0.222 e. The van der Waals surface area contributed by atoms with Crippen molar-refractivity contribution in [2.45, 2.75) is 24.2 Å². The summed E-state index contributed by atoms with van der Waals surface area (Å²) in [6.45, 7) is 2.25. The first-order chi connectivity index (χ1) is 10.1. The molecule has 1 fully saturated rings. The number of nitrogens with two attached hydrogens (primary N) is 1. The molecule has 1 aromatic rings. The highest BCUT2D eigenvalue weighted by Gasteiger charge is 2.24. The third kappa shape index (κ3) is 4.90. The first-order valence-corrected chi connectivity index (χ1v) is 9.33. The largest absolute Gasteiger partial charge is 0.342 e. The van der Waals surface area contributed by atoms with Gasteiger partial charge in [0.2, 0.25) is 5.91 Å². The molecule has 0 bridgehead atoms. The van der Waals surface area contributed by atoms with Gasteiger partial charge in [-0.15, -0.1) is 0 Å². The lowest BCUT2D eigenvalue weighted by Gasteiger charge is -2.16. The number of amides is 1. The van der Waals surface area contributed by atoms with Gasteiger partial charge in [-0.05, 0) is 49.6 Å². The van der Waals surface area contributed by atoms with E-state index in [4.69, 9.17) is 5.73 Å². The van der Waals surface area contributed by atoms with E-state index in [-0.39, 0.29) is 5.91 Å². The number of nitrogens with zero attached hydrogens (tertiary/aromatic N) is 1. The average molecular weight is 373 g/mol. The van der Waals surface area contributed by atoms with Crippen molar-refractivity contribution in [1.29, 1.82) is 0 Å². The molecule has 2 unspecified atom stereocenters. The monoisotopic (exact) mass is 372 g/mol. The summed E-state index contributed by atoms with van der Waals surface area (Å²) in [6.07, 6.45) is 2.14. The van der Waals surface area contributed by atoms with Gasteiger partial charge in [0, 0.05) is 34.6 Å². The lowest BCUT2D eigenvalue weighted by molar-refractivity contribution is -0.130. The number of carbonyl (C=O) groups excluding carboxylic acids is 1. The molecule has 0 spiro atoms.